The van der Waals surface area contributed by atoms with Gasteiger partial charge in [0.1, 0.15) is 0 Å². The molecule has 2 nitrogen and oxygen atoms in total. The molecule has 2 aromatic carbocycles. The van der Waals surface area contributed by atoms with Gasteiger partial charge < -0.3 is 0 Å². The Morgan fingerprint density at radius 3 is 2.05 bits per heavy atom. The average Bonchev–Trinajstić information content (AvgIpc) is 2.43. The van der Waals surface area contributed by atoms with Crippen LogP contribution in [0.3, 0.4) is 0 Å². The predicted octanol–water partition coefficient (Wildman–Crippen LogP) is 6.14. The van der Waals surface area contributed by atoms with Crippen LogP contribution in [0.5, 0.6) is 0 Å². The Kier molecular flexibility index (Phi) is 5.17. The summed E-state index contributed by atoms with van der Waals surface area (Å²) >= 11 is 23.6. The van der Waals surface area contributed by atoms with Gasteiger partial charge in [-0.2, -0.15) is 5.10 Å². The molecule has 0 spiro atoms. The van der Waals surface area contributed by atoms with Gasteiger partial charge in [0.25, 0.3) is 0 Å². The molecule has 0 fully saturated rings. The summed E-state index contributed by atoms with van der Waals surface area (Å²) in [6, 6.07) is 10.5. The molecule has 0 heterocycles. The molecule has 0 aliphatic carbocycles. The van der Waals surface area contributed by atoms with Crippen molar-refractivity contribution in [3.05, 3.63) is 62.1 Å². The van der Waals surface area contributed by atoms with E-state index in [1.165, 1.54) is 0 Å². The molecule has 20 heavy (non-hydrogen) atoms. The summed E-state index contributed by atoms with van der Waals surface area (Å²) in [5.74, 6) is 0. The number of halogens is 4. The third kappa shape index (κ3) is 3.80. The molecule has 2 rings (SSSR count). The van der Waals surface area contributed by atoms with Crippen LogP contribution in [0, 0.1) is 0 Å². The summed E-state index contributed by atoms with van der Waals surface area (Å²) in [7, 11) is 0. The summed E-state index contributed by atoms with van der Waals surface area (Å²) in [5, 5.41) is 6.25. The molecule has 0 aromatic heterocycles. The van der Waals surface area contributed by atoms with Gasteiger partial charge in [-0.25, -0.2) is 0 Å². The number of hydrogen-bond acceptors (Lipinski definition) is 2. The van der Waals surface area contributed by atoms with Gasteiger partial charge in [0.15, 0.2) is 0 Å². The zero-order valence-corrected chi connectivity index (χ0v) is 13.4. The molecule has 0 bridgehead atoms. The van der Waals surface area contributed by atoms with Crippen LogP contribution in [-0.2, 0) is 0 Å². The van der Waals surface area contributed by atoms with E-state index in [2.05, 4.69) is 10.5 Å². The molecule has 0 aliphatic rings. The molecular formula is C14H10Cl4N2. The lowest BCUT2D eigenvalue weighted by Crippen LogP contribution is -1.99. The number of benzene rings is 2. The molecule has 0 unspecified atom stereocenters. The van der Waals surface area contributed by atoms with Crippen molar-refractivity contribution in [2.24, 2.45) is 5.10 Å². The van der Waals surface area contributed by atoms with E-state index in [1.54, 1.807) is 30.3 Å². The fraction of sp³-hybridized carbons (Fsp3) is 0.0714. The van der Waals surface area contributed by atoms with Crippen molar-refractivity contribution in [1.82, 2.24) is 0 Å². The van der Waals surface area contributed by atoms with E-state index in [0.29, 0.717) is 20.1 Å². The maximum Gasteiger partial charge on any atom is 0.0649 e. The van der Waals surface area contributed by atoms with Crippen LogP contribution < -0.4 is 5.43 Å². The quantitative estimate of drug-likeness (QED) is 0.523. The third-order valence-corrected chi connectivity index (χ3v) is 4.09. The second-order valence-electron chi connectivity index (χ2n) is 4.07. The van der Waals surface area contributed by atoms with Gasteiger partial charge in [-0.15, -0.1) is 0 Å². The number of hydrazone groups is 1. The highest BCUT2D eigenvalue weighted by Crippen LogP contribution is 2.25. The molecule has 1 N–H and O–H groups in total. The first-order chi connectivity index (χ1) is 9.47. The average molecular weight is 348 g/mol. The van der Waals surface area contributed by atoms with Crippen molar-refractivity contribution in [1.29, 1.82) is 0 Å². The SMILES string of the molecule is C/C(=N/Nc1ccc(Cl)c(Cl)c1)c1ccc(Cl)c(Cl)c1. The Morgan fingerprint density at radius 2 is 1.45 bits per heavy atom. The maximum absolute atomic E-state index is 5.97. The van der Waals surface area contributed by atoms with Gasteiger partial charge >= 0.3 is 0 Å². The lowest BCUT2D eigenvalue weighted by molar-refractivity contribution is 1.32. The second kappa shape index (κ2) is 6.68. The second-order valence-corrected chi connectivity index (χ2v) is 5.70. The van der Waals surface area contributed by atoms with Gasteiger partial charge in [0.05, 0.1) is 31.5 Å². The monoisotopic (exact) mass is 346 g/mol. The van der Waals surface area contributed by atoms with Crippen LogP contribution in [-0.4, -0.2) is 5.71 Å². The van der Waals surface area contributed by atoms with Crippen molar-refractivity contribution >= 4 is 57.8 Å². The highest BCUT2D eigenvalue weighted by molar-refractivity contribution is 6.42. The molecular weight excluding hydrogens is 338 g/mol. The smallest absolute Gasteiger partial charge is 0.0649 e. The summed E-state index contributed by atoms with van der Waals surface area (Å²) in [6.07, 6.45) is 0. The van der Waals surface area contributed by atoms with Crippen LogP contribution in [0.25, 0.3) is 0 Å². The normalized spacial score (nSPS) is 11.6. The molecule has 0 amide bonds. The molecule has 0 atom stereocenters. The van der Waals surface area contributed by atoms with Crippen molar-refractivity contribution in [2.45, 2.75) is 6.92 Å². The lowest BCUT2D eigenvalue weighted by atomic mass is 10.1. The van der Waals surface area contributed by atoms with Crippen LogP contribution in [0.4, 0.5) is 5.69 Å². The number of rotatable bonds is 3. The zero-order valence-electron chi connectivity index (χ0n) is 10.4. The van der Waals surface area contributed by atoms with Crippen LogP contribution in [0.2, 0.25) is 20.1 Å². The van der Waals surface area contributed by atoms with Crippen molar-refractivity contribution < 1.29 is 0 Å². The summed E-state index contributed by atoms with van der Waals surface area (Å²) in [4.78, 5) is 0. The minimum absolute atomic E-state index is 0.471. The van der Waals surface area contributed by atoms with E-state index >= 15 is 0 Å². The van der Waals surface area contributed by atoms with Gasteiger partial charge in [-0.05, 0) is 42.8 Å². The first-order valence-corrected chi connectivity index (χ1v) is 7.19. The Hall–Kier alpha value is -0.930. The minimum Gasteiger partial charge on any atom is -0.278 e. The van der Waals surface area contributed by atoms with Gasteiger partial charge in [0.2, 0.25) is 0 Å². The van der Waals surface area contributed by atoms with E-state index in [4.69, 9.17) is 46.4 Å². The Balaban J connectivity index is 2.17. The summed E-state index contributed by atoms with van der Waals surface area (Å²) < 4.78 is 0. The molecule has 0 saturated heterocycles. The number of anilines is 1. The van der Waals surface area contributed by atoms with Crippen molar-refractivity contribution in [3.8, 4) is 0 Å². The lowest BCUT2D eigenvalue weighted by Gasteiger charge is -2.06. The number of hydrogen-bond donors (Lipinski definition) is 1. The standard InChI is InChI=1S/C14H10Cl4N2/c1-8(9-2-4-11(15)13(17)6-9)19-20-10-3-5-12(16)14(18)7-10/h2-7,20H,1H3/b19-8-. The predicted molar refractivity (Wildman–Crippen MR) is 88.8 cm³/mol. The molecule has 0 radical (unpaired) electrons. The van der Waals surface area contributed by atoms with E-state index in [1.807, 2.05) is 13.0 Å². The maximum atomic E-state index is 5.97. The van der Waals surface area contributed by atoms with Crippen molar-refractivity contribution in [3.63, 3.8) is 0 Å². The van der Waals surface area contributed by atoms with Gasteiger partial charge in [0, 0.05) is 0 Å². The third-order valence-electron chi connectivity index (χ3n) is 2.61. The van der Waals surface area contributed by atoms with Crippen LogP contribution >= 0.6 is 46.4 Å². The van der Waals surface area contributed by atoms with Gasteiger partial charge in [-0.1, -0.05) is 52.5 Å². The molecule has 104 valence electrons. The van der Waals surface area contributed by atoms with E-state index in [9.17, 15) is 0 Å². The minimum atomic E-state index is 0.471. The van der Waals surface area contributed by atoms with E-state index in [0.717, 1.165) is 17.0 Å². The Bertz CT molecular complexity index is 668. The fourth-order valence-electron chi connectivity index (χ4n) is 1.50. The van der Waals surface area contributed by atoms with E-state index < -0.39 is 0 Å². The number of nitrogens with zero attached hydrogens (tertiary/aromatic N) is 1. The topological polar surface area (TPSA) is 24.4 Å². The Labute approximate surface area is 137 Å². The number of nitrogens with one attached hydrogen (secondary N) is 1. The molecule has 6 heteroatoms. The molecule has 0 aliphatic heterocycles. The first-order valence-electron chi connectivity index (χ1n) is 5.68. The summed E-state index contributed by atoms with van der Waals surface area (Å²) in [5.41, 5.74) is 5.32. The zero-order chi connectivity index (χ0) is 14.7. The van der Waals surface area contributed by atoms with E-state index in [-0.39, 0.29) is 0 Å². The molecule has 0 saturated carbocycles. The highest BCUT2D eigenvalue weighted by atomic mass is 35.5. The van der Waals surface area contributed by atoms with Crippen molar-refractivity contribution in [2.75, 3.05) is 5.43 Å². The van der Waals surface area contributed by atoms with Crippen LogP contribution in [0.1, 0.15) is 12.5 Å². The van der Waals surface area contributed by atoms with Gasteiger partial charge in [-0.3, -0.25) is 5.43 Å². The largest absolute Gasteiger partial charge is 0.278 e. The molecule has 2 aromatic rings. The summed E-state index contributed by atoms with van der Waals surface area (Å²) in [6.45, 7) is 1.87. The first kappa shape index (κ1) is 15.5. The van der Waals surface area contributed by atoms with Crippen LogP contribution in [0.15, 0.2) is 41.5 Å². The highest BCUT2D eigenvalue weighted by Gasteiger charge is 2.03. The Morgan fingerprint density at radius 1 is 0.850 bits per heavy atom. The fourth-order valence-corrected chi connectivity index (χ4v) is 2.10.